The standard InChI is InChI=1S/C22H25NO5S/c1-3-28-21(25)22(19-9-5-4-6-10-19)12-14-23(15-13-22)29(26,27)20-11-7-8-18(16-20)17(2)24/h4-11,16H,3,12-15H2,1-2H3. The third-order valence-corrected chi connectivity index (χ3v) is 7.34. The highest BCUT2D eigenvalue weighted by molar-refractivity contribution is 7.89. The summed E-state index contributed by atoms with van der Waals surface area (Å²) >= 11 is 0. The van der Waals surface area contributed by atoms with Gasteiger partial charge in [-0.05, 0) is 44.4 Å². The van der Waals surface area contributed by atoms with E-state index in [0.717, 1.165) is 5.56 Å². The Kier molecular flexibility index (Phi) is 6.19. The van der Waals surface area contributed by atoms with Crippen molar-refractivity contribution in [3.8, 4) is 0 Å². The van der Waals surface area contributed by atoms with Crippen molar-refractivity contribution in [1.82, 2.24) is 4.31 Å². The van der Waals surface area contributed by atoms with Gasteiger partial charge in [0.1, 0.15) is 0 Å². The average Bonchev–Trinajstić information content (AvgIpc) is 2.74. The Morgan fingerprint density at radius 2 is 1.69 bits per heavy atom. The fraction of sp³-hybridized carbons (Fsp3) is 0.364. The topological polar surface area (TPSA) is 80.8 Å². The number of ketones is 1. The quantitative estimate of drug-likeness (QED) is 0.535. The van der Waals surface area contributed by atoms with Gasteiger partial charge in [-0.15, -0.1) is 0 Å². The number of hydrogen-bond donors (Lipinski definition) is 0. The molecule has 1 heterocycles. The Morgan fingerprint density at radius 3 is 2.28 bits per heavy atom. The van der Waals surface area contributed by atoms with Gasteiger partial charge in [0.25, 0.3) is 0 Å². The van der Waals surface area contributed by atoms with E-state index < -0.39 is 15.4 Å². The number of carbonyl (C=O) groups is 2. The number of piperidine rings is 1. The van der Waals surface area contributed by atoms with E-state index in [0.29, 0.717) is 18.4 Å². The number of ether oxygens (including phenoxy) is 1. The van der Waals surface area contributed by atoms with Crippen LogP contribution in [0.2, 0.25) is 0 Å². The fourth-order valence-electron chi connectivity index (χ4n) is 3.77. The molecule has 0 bridgehead atoms. The Morgan fingerprint density at radius 1 is 1.03 bits per heavy atom. The highest BCUT2D eigenvalue weighted by Crippen LogP contribution is 2.38. The summed E-state index contributed by atoms with van der Waals surface area (Å²) in [4.78, 5) is 24.5. The van der Waals surface area contributed by atoms with Crippen LogP contribution in [0.5, 0.6) is 0 Å². The van der Waals surface area contributed by atoms with Gasteiger partial charge in [-0.1, -0.05) is 42.5 Å². The van der Waals surface area contributed by atoms with Gasteiger partial charge >= 0.3 is 5.97 Å². The van der Waals surface area contributed by atoms with E-state index in [1.807, 2.05) is 30.3 Å². The molecule has 2 aromatic carbocycles. The molecule has 6 nitrogen and oxygen atoms in total. The molecule has 0 radical (unpaired) electrons. The molecule has 0 saturated carbocycles. The molecule has 0 amide bonds. The van der Waals surface area contributed by atoms with Crippen LogP contribution in [0.25, 0.3) is 0 Å². The van der Waals surface area contributed by atoms with Crippen molar-refractivity contribution < 1.29 is 22.7 Å². The van der Waals surface area contributed by atoms with Gasteiger partial charge in [0.05, 0.1) is 16.9 Å². The largest absolute Gasteiger partial charge is 0.465 e. The van der Waals surface area contributed by atoms with E-state index in [4.69, 9.17) is 4.74 Å². The number of carbonyl (C=O) groups excluding carboxylic acids is 2. The van der Waals surface area contributed by atoms with Crippen molar-refractivity contribution in [3.05, 3.63) is 65.7 Å². The van der Waals surface area contributed by atoms with E-state index in [1.165, 1.54) is 23.4 Å². The molecule has 0 aliphatic carbocycles. The van der Waals surface area contributed by atoms with Crippen molar-refractivity contribution in [2.24, 2.45) is 0 Å². The minimum atomic E-state index is -3.76. The van der Waals surface area contributed by atoms with Gasteiger partial charge in [0.15, 0.2) is 5.78 Å². The van der Waals surface area contributed by atoms with Gasteiger partial charge in [0.2, 0.25) is 10.0 Å². The SMILES string of the molecule is CCOC(=O)C1(c2ccccc2)CCN(S(=O)(=O)c2cccc(C(C)=O)c2)CC1. The molecule has 0 unspecified atom stereocenters. The molecule has 0 aromatic heterocycles. The molecule has 29 heavy (non-hydrogen) atoms. The summed E-state index contributed by atoms with van der Waals surface area (Å²) in [5, 5.41) is 0. The second-order valence-corrected chi connectivity index (χ2v) is 9.09. The summed E-state index contributed by atoms with van der Waals surface area (Å²) in [7, 11) is -3.76. The number of sulfonamides is 1. The van der Waals surface area contributed by atoms with Crippen LogP contribution < -0.4 is 0 Å². The lowest BCUT2D eigenvalue weighted by atomic mass is 9.73. The number of rotatable bonds is 6. The summed E-state index contributed by atoms with van der Waals surface area (Å²) in [6.07, 6.45) is 0.670. The monoisotopic (exact) mass is 415 g/mol. The van der Waals surface area contributed by atoms with E-state index in [9.17, 15) is 18.0 Å². The lowest BCUT2D eigenvalue weighted by molar-refractivity contribution is -0.152. The maximum Gasteiger partial charge on any atom is 0.316 e. The molecule has 0 N–H and O–H groups in total. The summed E-state index contributed by atoms with van der Waals surface area (Å²) in [6.45, 7) is 3.83. The molecule has 1 aliphatic heterocycles. The van der Waals surface area contributed by atoms with Crippen LogP contribution >= 0.6 is 0 Å². The van der Waals surface area contributed by atoms with Gasteiger partial charge in [-0.25, -0.2) is 8.42 Å². The van der Waals surface area contributed by atoms with Crippen molar-refractivity contribution in [2.75, 3.05) is 19.7 Å². The Balaban J connectivity index is 1.88. The number of benzene rings is 2. The summed E-state index contributed by atoms with van der Waals surface area (Å²) in [5.41, 5.74) is 0.340. The second-order valence-electron chi connectivity index (χ2n) is 7.16. The maximum atomic E-state index is 13.1. The van der Waals surface area contributed by atoms with Gasteiger partial charge in [-0.3, -0.25) is 9.59 Å². The van der Waals surface area contributed by atoms with Gasteiger partial charge in [-0.2, -0.15) is 4.31 Å². The van der Waals surface area contributed by atoms with Crippen LogP contribution in [0, 0.1) is 0 Å². The molecule has 3 rings (SSSR count). The molecule has 2 aromatic rings. The lowest BCUT2D eigenvalue weighted by Crippen LogP contribution is -2.49. The molecular formula is C22H25NO5S. The summed E-state index contributed by atoms with van der Waals surface area (Å²) in [5.74, 6) is -0.507. The normalized spacial score (nSPS) is 16.9. The Hall–Kier alpha value is -2.51. The van der Waals surface area contributed by atoms with Crippen molar-refractivity contribution in [3.63, 3.8) is 0 Å². The highest BCUT2D eigenvalue weighted by atomic mass is 32.2. The predicted octanol–water partition coefficient (Wildman–Crippen LogP) is 3.17. The van der Waals surface area contributed by atoms with Crippen LogP contribution in [0.4, 0.5) is 0 Å². The van der Waals surface area contributed by atoms with Crippen molar-refractivity contribution >= 4 is 21.8 Å². The number of nitrogens with zero attached hydrogens (tertiary/aromatic N) is 1. The smallest absolute Gasteiger partial charge is 0.316 e. The molecule has 0 atom stereocenters. The predicted molar refractivity (Wildman–Crippen MR) is 109 cm³/mol. The zero-order valence-electron chi connectivity index (χ0n) is 16.6. The van der Waals surface area contributed by atoms with E-state index in [1.54, 1.807) is 19.1 Å². The van der Waals surface area contributed by atoms with Crippen LogP contribution in [-0.2, 0) is 25.0 Å². The zero-order valence-corrected chi connectivity index (χ0v) is 17.4. The molecule has 1 aliphatic rings. The van der Waals surface area contributed by atoms with E-state index in [2.05, 4.69) is 0 Å². The summed E-state index contributed by atoms with van der Waals surface area (Å²) in [6, 6.07) is 15.4. The summed E-state index contributed by atoms with van der Waals surface area (Å²) < 4.78 is 32.9. The fourth-order valence-corrected chi connectivity index (χ4v) is 5.26. The van der Waals surface area contributed by atoms with E-state index >= 15 is 0 Å². The first kappa shape index (κ1) is 21.2. The van der Waals surface area contributed by atoms with Crippen LogP contribution in [0.1, 0.15) is 42.6 Å². The minimum Gasteiger partial charge on any atom is -0.465 e. The molecular weight excluding hydrogens is 390 g/mol. The first-order valence-corrected chi connectivity index (χ1v) is 11.1. The lowest BCUT2D eigenvalue weighted by Gasteiger charge is -2.39. The minimum absolute atomic E-state index is 0.0912. The molecule has 1 fully saturated rings. The second kappa shape index (κ2) is 8.47. The Bertz CT molecular complexity index is 993. The number of Topliss-reactive ketones (excluding diaryl/α,β-unsaturated/α-hetero) is 1. The third-order valence-electron chi connectivity index (χ3n) is 5.45. The molecule has 1 saturated heterocycles. The average molecular weight is 416 g/mol. The van der Waals surface area contributed by atoms with Crippen LogP contribution in [-0.4, -0.2) is 44.2 Å². The van der Waals surface area contributed by atoms with Gasteiger partial charge in [0, 0.05) is 18.7 Å². The maximum absolute atomic E-state index is 13.1. The van der Waals surface area contributed by atoms with E-state index in [-0.39, 0.29) is 36.3 Å². The molecule has 154 valence electrons. The van der Waals surface area contributed by atoms with Crippen molar-refractivity contribution in [2.45, 2.75) is 37.0 Å². The number of esters is 1. The van der Waals surface area contributed by atoms with Gasteiger partial charge < -0.3 is 4.74 Å². The first-order chi connectivity index (χ1) is 13.8. The highest BCUT2D eigenvalue weighted by Gasteiger charge is 2.46. The molecule has 7 heteroatoms. The van der Waals surface area contributed by atoms with Crippen molar-refractivity contribution in [1.29, 1.82) is 0 Å². The van der Waals surface area contributed by atoms with Crippen LogP contribution in [0.15, 0.2) is 59.5 Å². The number of hydrogen-bond acceptors (Lipinski definition) is 5. The van der Waals surface area contributed by atoms with Crippen LogP contribution in [0.3, 0.4) is 0 Å². The molecule has 0 spiro atoms. The zero-order chi connectivity index (χ0) is 21.1. The first-order valence-electron chi connectivity index (χ1n) is 9.65. The third kappa shape index (κ3) is 4.11. The Labute approximate surface area is 171 Å².